The van der Waals surface area contributed by atoms with Crippen LogP contribution in [0.4, 0.5) is 0 Å². The van der Waals surface area contributed by atoms with Crippen molar-refractivity contribution in [2.24, 2.45) is 5.73 Å². The number of hydrogen-bond acceptors (Lipinski definition) is 5. The summed E-state index contributed by atoms with van der Waals surface area (Å²) in [6.45, 7) is 2.09. The summed E-state index contributed by atoms with van der Waals surface area (Å²) in [6, 6.07) is 1.43. The number of rotatable bonds is 4. The number of aromatic nitrogens is 2. The number of hydrogen-bond donors (Lipinski definition) is 2. The summed E-state index contributed by atoms with van der Waals surface area (Å²) >= 11 is 0. The van der Waals surface area contributed by atoms with Gasteiger partial charge in [-0.15, -0.1) is 0 Å². The van der Waals surface area contributed by atoms with Crippen LogP contribution in [0.2, 0.25) is 0 Å². The predicted octanol–water partition coefficient (Wildman–Crippen LogP) is -1.41. The van der Waals surface area contributed by atoms with Crippen LogP contribution in [0.1, 0.15) is 6.42 Å². The molecule has 1 aliphatic heterocycles. The average molecular weight is 287 g/mol. The molecule has 9 heteroatoms. The normalized spacial score (nSPS) is 19.2. The lowest BCUT2D eigenvalue weighted by Crippen LogP contribution is -2.38. The Labute approximate surface area is 111 Å². The Morgan fingerprint density at radius 1 is 1.37 bits per heavy atom. The minimum atomic E-state index is -3.52. The van der Waals surface area contributed by atoms with Crippen molar-refractivity contribution in [1.29, 1.82) is 0 Å². The van der Waals surface area contributed by atoms with Gasteiger partial charge in [-0.1, -0.05) is 0 Å². The van der Waals surface area contributed by atoms with E-state index in [0.717, 1.165) is 0 Å². The highest BCUT2D eigenvalue weighted by atomic mass is 32.2. The third-order valence-electron chi connectivity index (χ3n) is 3.02. The van der Waals surface area contributed by atoms with Gasteiger partial charge in [0.1, 0.15) is 0 Å². The number of carbonyl (C=O) groups excluding carboxylic acids is 1. The summed E-state index contributed by atoms with van der Waals surface area (Å²) in [5.41, 5.74) is 5.15. The van der Waals surface area contributed by atoms with Crippen molar-refractivity contribution in [3.63, 3.8) is 0 Å². The maximum atomic E-state index is 12.3. The fourth-order valence-corrected chi connectivity index (χ4v) is 3.46. The molecule has 1 aromatic heterocycles. The number of nitrogens with one attached hydrogen (secondary N) is 1. The van der Waals surface area contributed by atoms with E-state index in [0.29, 0.717) is 32.6 Å². The molecule has 1 aromatic rings. The second-order valence-electron chi connectivity index (χ2n) is 4.42. The maximum Gasteiger partial charge on any atom is 0.260 e. The molecule has 0 radical (unpaired) electrons. The van der Waals surface area contributed by atoms with Gasteiger partial charge in [0.15, 0.2) is 5.03 Å². The van der Waals surface area contributed by atoms with Gasteiger partial charge >= 0.3 is 0 Å². The van der Waals surface area contributed by atoms with E-state index in [9.17, 15) is 13.2 Å². The summed E-state index contributed by atoms with van der Waals surface area (Å²) in [5, 5.41) is 6.22. The number of sulfonamides is 1. The van der Waals surface area contributed by atoms with Crippen LogP contribution in [0.5, 0.6) is 0 Å². The van der Waals surface area contributed by atoms with Crippen LogP contribution in [0.3, 0.4) is 0 Å². The molecule has 0 atom stereocenters. The third kappa shape index (κ3) is 3.31. The highest BCUT2D eigenvalue weighted by Gasteiger charge is 2.28. The first-order chi connectivity index (χ1) is 9.00. The zero-order chi connectivity index (χ0) is 13.9. The Morgan fingerprint density at radius 3 is 2.79 bits per heavy atom. The van der Waals surface area contributed by atoms with Gasteiger partial charge in [0, 0.05) is 19.6 Å². The first-order valence-corrected chi connectivity index (χ1v) is 7.44. The first-order valence-electron chi connectivity index (χ1n) is 6.00. The van der Waals surface area contributed by atoms with Crippen molar-refractivity contribution in [2.75, 3.05) is 32.7 Å². The van der Waals surface area contributed by atoms with Gasteiger partial charge in [0.05, 0.1) is 12.7 Å². The molecule has 0 spiro atoms. The van der Waals surface area contributed by atoms with Gasteiger partial charge in [-0.2, -0.15) is 9.40 Å². The number of H-pyrrole nitrogens is 1. The van der Waals surface area contributed by atoms with Gasteiger partial charge in [-0.05, 0) is 19.0 Å². The summed E-state index contributed by atoms with van der Waals surface area (Å²) < 4.78 is 26.0. The second-order valence-corrected chi connectivity index (χ2v) is 6.33. The van der Waals surface area contributed by atoms with Crippen LogP contribution >= 0.6 is 0 Å². The van der Waals surface area contributed by atoms with E-state index >= 15 is 0 Å². The van der Waals surface area contributed by atoms with Crippen molar-refractivity contribution in [3.8, 4) is 0 Å². The van der Waals surface area contributed by atoms with Crippen LogP contribution in [-0.2, 0) is 14.8 Å². The first kappa shape index (κ1) is 14.0. The van der Waals surface area contributed by atoms with E-state index in [2.05, 4.69) is 10.2 Å². The topological polar surface area (TPSA) is 112 Å². The van der Waals surface area contributed by atoms with Gasteiger partial charge in [0.2, 0.25) is 5.91 Å². The lowest BCUT2D eigenvalue weighted by Gasteiger charge is -2.20. The van der Waals surface area contributed by atoms with E-state index in [1.165, 1.54) is 16.6 Å². The molecular weight excluding hydrogens is 270 g/mol. The molecule has 106 valence electrons. The molecule has 0 aliphatic carbocycles. The lowest BCUT2D eigenvalue weighted by atomic mass is 10.4. The Balaban J connectivity index is 2.05. The molecule has 8 nitrogen and oxygen atoms in total. The second kappa shape index (κ2) is 5.68. The van der Waals surface area contributed by atoms with E-state index < -0.39 is 15.9 Å². The summed E-state index contributed by atoms with van der Waals surface area (Å²) in [7, 11) is -3.52. The SMILES string of the molecule is NC(=O)CN1CCCN(S(=O)(=O)c2ccn[nH]2)CC1. The molecule has 1 saturated heterocycles. The standard InChI is InChI=1S/C10H17N5O3S/c11-9(16)8-14-4-1-5-15(7-6-14)19(17,18)10-2-3-12-13-10/h2-3H,1,4-8H2,(H2,11,16)(H,12,13). The van der Waals surface area contributed by atoms with E-state index in [1.54, 1.807) is 0 Å². The third-order valence-corrected chi connectivity index (χ3v) is 4.85. The van der Waals surface area contributed by atoms with Crippen molar-refractivity contribution in [2.45, 2.75) is 11.4 Å². The van der Waals surface area contributed by atoms with Gasteiger partial charge in [-0.3, -0.25) is 14.8 Å². The van der Waals surface area contributed by atoms with Crippen molar-refractivity contribution >= 4 is 15.9 Å². The summed E-state index contributed by atoms with van der Waals surface area (Å²) in [5.74, 6) is -0.398. The molecule has 0 saturated carbocycles. The molecule has 2 rings (SSSR count). The molecule has 0 bridgehead atoms. The highest BCUT2D eigenvalue weighted by Crippen LogP contribution is 2.14. The zero-order valence-corrected chi connectivity index (χ0v) is 11.3. The molecule has 0 unspecified atom stereocenters. The number of aromatic amines is 1. The van der Waals surface area contributed by atoms with Crippen LogP contribution in [0.25, 0.3) is 0 Å². The van der Waals surface area contributed by atoms with E-state index in [4.69, 9.17) is 5.73 Å². The smallest absolute Gasteiger partial charge is 0.260 e. The van der Waals surface area contributed by atoms with Crippen molar-refractivity contribution in [3.05, 3.63) is 12.3 Å². The minimum absolute atomic E-state index is 0.0934. The number of carbonyl (C=O) groups is 1. The molecule has 3 N–H and O–H groups in total. The van der Waals surface area contributed by atoms with Crippen molar-refractivity contribution in [1.82, 2.24) is 19.4 Å². The van der Waals surface area contributed by atoms with E-state index in [-0.39, 0.29) is 11.6 Å². The molecule has 0 aromatic carbocycles. The molecule has 1 fully saturated rings. The number of nitrogens with zero attached hydrogens (tertiary/aromatic N) is 3. The quantitative estimate of drug-likeness (QED) is 0.706. The number of primary amides is 1. The molecule has 2 heterocycles. The van der Waals surface area contributed by atoms with Crippen LogP contribution in [0, 0.1) is 0 Å². The Bertz CT molecular complexity index is 527. The monoisotopic (exact) mass is 287 g/mol. The van der Waals surface area contributed by atoms with E-state index in [1.807, 2.05) is 4.90 Å². The predicted molar refractivity (Wildman–Crippen MR) is 67.6 cm³/mol. The maximum absolute atomic E-state index is 12.3. The Hall–Kier alpha value is -1.45. The van der Waals surface area contributed by atoms with Crippen LogP contribution in [0.15, 0.2) is 17.3 Å². The fourth-order valence-electron chi connectivity index (χ4n) is 2.09. The molecule has 1 aliphatic rings. The van der Waals surface area contributed by atoms with Gasteiger partial charge in [-0.25, -0.2) is 8.42 Å². The van der Waals surface area contributed by atoms with Gasteiger partial charge in [0.25, 0.3) is 10.0 Å². The molecule has 19 heavy (non-hydrogen) atoms. The number of nitrogens with two attached hydrogens (primary N) is 1. The van der Waals surface area contributed by atoms with Crippen molar-refractivity contribution < 1.29 is 13.2 Å². The largest absolute Gasteiger partial charge is 0.369 e. The molecule has 1 amide bonds. The highest BCUT2D eigenvalue weighted by molar-refractivity contribution is 7.89. The Kier molecular flexibility index (Phi) is 4.17. The molecular formula is C10H17N5O3S. The summed E-state index contributed by atoms with van der Waals surface area (Å²) in [4.78, 5) is 12.7. The van der Waals surface area contributed by atoms with Crippen LogP contribution in [-0.4, -0.2) is 66.5 Å². The van der Waals surface area contributed by atoms with Crippen LogP contribution < -0.4 is 5.73 Å². The Morgan fingerprint density at radius 2 is 2.16 bits per heavy atom. The van der Waals surface area contributed by atoms with Gasteiger partial charge < -0.3 is 5.73 Å². The minimum Gasteiger partial charge on any atom is -0.369 e. The number of amides is 1. The zero-order valence-electron chi connectivity index (χ0n) is 10.4. The summed E-state index contributed by atoms with van der Waals surface area (Å²) in [6.07, 6.45) is 2.07. The fraction of sp³-hybridized carbons (Fsp3) is 0.600. The lowest BCUT2D eigenvalue weighted by molar-refractivity contribution is -0.119. The average Bonchev–Trinajstić information content (AvgIpc) is 2.77.